The topological polar surface area (TPSA) is 120 Å². The summed E-state index contributed by atoms with van der Waals surface area (Å²) in [5.74, 6) is 1.67. The number of sulfonamides is 1. The average molecular weight is 385 g/mol. The van der Waals surface area contributed by atoms with Crippen molar-refractivity contribution < 1.29 is 13.2 Å². The lowest BCUT2D eigenvalue weighted by Gasteiger charge is -2.13. The van der Waals surface area contributed by atoms with Gasteiger partial charge in [0.25, 0.3) is 0 Å². The molecule has 0 saturated carbocycles. The summed E-state index contributed by atoms with van der Waals surface area (Å²) >= 11 is 0. The van der Waals surface area contributed by atoms with Gasteiger partial charge in [-0.2, -0.15) is 0 Å². The summed E-state index contributed by atoms with van der Waals surface area (Å²) in [4.78, 5) is 12.7. The molecule has 8 nitrogen and oxygen atoms in total. The maximum Gasteiger partial charge on any atom is 0.239 e. The van der Waals surface area contributed by atoms with Crippen LogP contribution in [-0.4, -0.2) is 30.0 Å². The highest BCUT2D eigenvalue weighted by molar-refractivity contribution is 7.89. The first-order chi connectivity index (χ1) is 12.9. The van der Waals surface area contributed by atoms with Gasteiger partial charge in [-0.3, -0.25) is 4.98 Å². The molecule has 140 valence electrons. The summed E-state index contributed by atoms with van der Waals surface area (Å²) in [7, 11) is -3.84. The van der Waals surface area contributed by atoms with Crippen molar-refractivity contribution in [2.24, 2.45) is 5.14 Å². The molecule has 27 heavy (non-hydrogen) atoms. The van der Waals surface area contributed by atoms with Gasteiger partial charge in [0.15, 0.2) is 11.6 Å². The Hall–Kier alpha value is -3.04. The molecule has 3 heterocycles. The number of hydrogen-bond acceptors (Lipinski definition) is 7. The number of ether oxygens (including phenoxy) is 1. The van der Waals surface area contributed by atoms with Crippen molar-refractivity contribution >= 4 is 21.7 Å². The summed E-state index contributed by atoms with van der Waals surface area (Å²) < 4.78 is 28.8. The van der Waals surface area contributed by atoms with Crippen LogP contribution in [-0.2, 0) is 10.0 Å². The van der Waals surface area contributed by atoms with Gasteiger partial charge in [-0.15, -0.1) is 0 Å². The summed E-state index contributed by atoms with van der Waals surface area (Å²) in [6.07, 6.45) is 4.34. The molecule has 0 spiro atoms. The Morgan fingerprint density at radius 2 is 1.93 bits per heavy atom. The van der Waals surface area contributed by atoms with Crippen molar-refractivity contribution in [2.45, 2.75) is 18.7 Å². The van der Waals surface area contributed by atoms with E-state index in [9.17, 15) is 8.42 Å². The van der Waals surface area contributed by atoms with Crippen molar-refractivity contribution in [1.82, 2.24) is 15.0 Å². The zero-order valence-electron chi connectivity index (χ0n) is 14.9. The predicted molar refractivity (Wildman–Crippen MR) is 102 cm³/mol. The molecule has 0 fully saturated rings. The van der Waals surface area contributed by atoms with Gasteiger partial charge in [0.1, 0.15) is 10.7 Å². The van der Waals surface area contributed by atoms with Crippen molar-refractivity contribution in [1.29, 1.82) is 0 Å². The Balaban J connectivity index is 1.98. The van der Waals surface area contributed by atoms with E-state index in [2.05, 4.69) is 20.3 Å². The Morgan fingerprint density at radius 3 is 2.63 bits per heavy atom. The van der Waals surface area contributed by atoms with Gasteiger partial charge in [0.05, 0.1) is 6.61 Å². The first-order valence-corrected chi connectivity index (χ1v) is 9.73. The Labute approximate surface area is 157 Å². The lowest BCUT2D eigenvalue weighted by atomic mass is 10.1. The number of nitrogens with zero attached hydrogens (tertiary/aromatic N) is 3. The molecule has 0 aliphatic rings. The van der Waals surface area contributed by atoms with E-state index in [1.165, 1.54) is 18.5 Å². The molecular formula is C18H19N5O3S. The van der Waals surface area contributed by atoms with Gasteiger partial charge in [-0.1, -0.05) is 6.07 Å². The SMILES string of the molecule is CCOc1cc(-c2cncc(S(N)(=O)=O)c2)cnc1Nc1cccc(C)n1. The third-order valence-electron chi connectivity index (χ3n) is 3.66. The molecule has 0 aromatic carbocycles. The van der Waals surface area contributed by atoms with Crippen LogP contribution in [0.4, 0.5) is 11.6 Å². The molecule has 3 rings (SSSR count). The highest BCUT2D eigenvalue weighted by Crippen LogP contribution is 2.30. The number of hydrogen-bond donors (Lipinski definition) is 2. The van der Waals surface area contributed by atoms with Gasteiger partial charge in [0.2, 0.25) is 10.0 Å². The number of aryl methyl sites for hydroxylation is 1. The van der Waals surface area contributed by atoms with E-state index in [0.29, 0.717) is 35.1 Å². The molecule has 3 aromatic heterocycles. The van der Waals surface area contributed by atoms with Crippen molar-refractivity contribution in [3.8, 4) is 16.9 Å². The number of anilines is 2. The van der Waals surface area contributed by atoms with E-state index in [-0.39, 0.29) is 4.90 Å². The lowest BCUT2D eigenvalue weighted by molar-refractivity contribution is 0.341. The van der Waals surface area contributed by atoms with Crippen LogP contribution in [0.5, 0.6) is 5.75 Å². The third kappa shape index (κ3) is 4.57. The quantitative estimate of drug-likeness (QED) is 0.669. The fraction of sp³-hybridized carbons (Fsp3) is 0.167. The van der Waals surface area contributed by atoms with Gasteiger partial charge in [-0.25, -0.2) is 23.5 Å². The smallest absolute Gasteiger partial charge is 0.239 e. The standard InChI is InChI=1S/C18H19N5O3S/c1-3-26-16-8-14(13-7-15(11-20-9-13)27(19,24)25)10-21-18(16)23-17-6-4-5-12(2)22-17/h4-11H,3H2,1-2H3,(H2,19,24,25)(H,21,22,23). The van der Waals surface area contributed by atoms with E-state index in [4.69, 9.17) is 9.88 Å². The van der Waals surface area contributed by atoms with Gasteiger partial charge < -0.3 is 10.1 Å². The van der Waals surface area contributed by atoms with Crippen LogP contribution in [0.3, 0.4) is 0 Å². The molecule has 0 amide bonds. The lowest BCUT2D eigenvalue weighted by Crippen LogP contribution is -2.12. The molecule has 0 aliphatic heterocycles. The van der Waals surface area contributed by atoms with E-state index < -0.39 is 10.0 Å². The van der Waals surface area contributed by atoms with Gasteiger partial charge in [-0.05, 0) is 38.1 Å². The summed E-state index contributed by atoms with van der Waals surface area (Å²) in [6, 6.07) is 8.83. The Kier molecular flexibility index (Phi) is 5.33. The normalized spacial score (nSPS) is 11.2. The zero-order chi connectivity index (χ0) is 19.4. The van der Waals surface area contributed by atoms with Crippen LogP contribution in [0.15, 0.2) is 53.8 Å². The van der Waals surface area contributed by atoms with Crippen molar-refractivity contribution in [3.63, 3.8) is 0 Å². The summed E-state index contributed by atoms with van der Waals surface area (Å²) in [6.45, 7) is 4.21. The number of pyridine rings is 3. The van der Waals surface area contributed by atoms with Crippen LogP contribution in [0.1, 0.15) is 12.6 Å². The van der Waals surface area contributed by atoms with Crippen LogP contribution in [0.2, 0.25) is 0 Å². The molecular weight excluding hydrogens is 366 g/mol. The first kappa shape index (κ1) is 18.7. The number of nitrogens with two attached hydrogens (primary N) is 1. The van der Waals surface area contributed by atoms with E-state index in [0.717, 1.165) is 5.69 Å². The van der Waals surface area contributed by atoms with E-state index >= 15 is 0 Å². The molecule has 0 atom stereocenters. The summed E-state index contributed by atoms with van der Waals surface area (Å²) in [5, 5.41) is 8.31. The second kappa shape index (κ2) is 7.68. The highest BCUT2D eigenvalue weighted by Gasteiger charge is 2.13. The number of nitrogens with one attached hydrogen (secondary N) is 1. The molecule has 3 aromatic rings. The molecule has 9 heteroatoms. The Morgan fingerprint density at radius 1 is 1.15 bits per heavy atom. The van der Waals surface area contributed by atoms with E-state index in [1.54, 1.807) is 12.3 Å². The second-order valence-corrected chi connectivity index (χ2v) is 7.31. The minimum Gasteiger partial charge on any atom is -0.490 e. The number of rotatable bonds is 6. The molecule has 0 saturated heterocycles. The minimum absolute atomic E-state index is 0.0656. The Bertz CT molecular complexity index is 1070. The minimum atomic E-state index is -3.84. The fourth-order valence-corrected chi connectivity index (χ4v) is 2.93. The second-order valence-electron chi connectivity index (χ2n) is 5.75. The molecule has 0 aliphatic carbocycles. The van der Waals surface area contributed by atoms with Crippen LogP contribution >= 0.6 is 0 Å². The fourth-order valence-electron chi connectivity index (χ4n) is 2.43. The zero-order valence-corrected chi connectivity index (χ0v) is 15.7. The average Bonchev–Trinajstić information content (AvgIpc) is 2.63. The predicted octanol–water partition coefficient (Wildman–Crippen LogP) is 2.64. The molecule has 3 N–H and O–H groups in total. The number of aromatic nitrogens is 3. The third-order valence-corrected chi connectivity index (χ3v) is 4.54. The van der Waals surface area contributed by atoms with Crippen LogP contribution < -0.4 is 15.2 Å². The molecule has 0 unspecified atom stereocenters. The van der Waals surface area contributed by atoms with E-state index in [1.807, 2.05) is 32.0 Å². The van der Waals surface area contributed by atoms with Crippen LogP contribution in [0.25, 0.3) is 11.1 Å². The van der Waals surface area contributed by atoms with Crippen molar-refractivity contribution in [3.05, 3.63) is 54.6 Å². The van der Waals surface area contributed by atoms with Crippen molar-refractivity contribution in [2.75, 3.05) is 11.9 Å². The van der Waals surface area contributed by atoms with Crippen LogP contribution in [0, 0.1) is 6.92 Å². The molecule has 0 radical (unpaired) electrons. The maximum absolute atomic E-state index is 11.6. The first-order valence-electron chi connectivity index (χ1n) is 8.18. The monoisotopic (exact) mass is 385 g/mol. The highest BCUT2D eigenvalue weighted by atomic mass is 32.2. The number of primary sulfonamides is 1. The van der Waals surface area contributed by atoms with Gasteiger partial charge in [0, 0.05) is 35.4 Å². The summed E-state index contributed by atoms with van der Waals surface area (Å²) in [5.41, 5.74) is 2.09. The largest absolute Gasteiger partial charge is 0.490 e. The molecule has 0 bridgehead atoms. The maximum atomic E-state index is 11.6. The van der Waals surface area contributed by atoms with Gasteiger partial charge >= 0.3 is 0 Å².